The van der Waals surface area contributed by atoms with E-state index in [1.807, 2.05) is 37.3 Å². The molecule has 0 heterocycles. The highest BCUT2D eigenvalue weighted by atomic mass is 19.1. The van der Waals surface area contributed by atoms with Crippen LogP contribution in [0.25, 0.3) is 0 Å². The zero-order valence-corrected chi connectivity index (χ0v) is 10.6. The first kappa shape index (κ1) is 13.1. The Kier molecular flexibility index (Phi) is 4.50. The van der Waals surface area contributed by atoms with Gasteiger partial charge in [-0.25, -0.2) is 4.39 Å². The van der Waals surface area contributed by atoms with E-state index in [0.717, 1.165) is 5.69 Å². The lowest BCUT2D eigenvalue weighted by Gasteiger charge is -2.04. The van der Waals surface area contributed by atoms with E-state index in [-0.39, 0.29) is 5.82 Å². The van der Waals surface area contributed by atoms with Crippen LogP contribution in [0.15, 0.2) is 53.6 Å². The number of para-hydroxylation sites is 1. The van der Waals surface area contributed by atoms with Gasteiger partial charge in [-0.05, 0) is 31.2 Å². The topological polar surface area (TPSA) is 33.6 Å². The first-order valence-corrected chi connectivity index (χ1v) is 6.06. The van der Waals surface area contributed by atoms with Crippen LogP contribution in [-0.4, -0.2) is 12.8 Å². The molecule has 3 nitrogen and oxygen atoms in total. The number of rotatable bonds is 5. The minimum Gasteiger partial charge on any atom is -0.494 e. The van der Waals surface area contributed by atoms with E-state index in [2.05, 4.69) is 10.5 Å². The van der Waals surface area contributed by atoms with Crippen LogP contribution in [0.2, 0.25) is 0 Å². The SMILES string of the molecule is CCOc1ccc(C=NNc2ccccc2)c(F)c1. The number of nitrogens with one attached hydrogen (secondary N) is 1. The second-order valence-corrected chi connectivity index (χ2v) is 3.85. The zero-order valence-electron chi connectivity index (χ0n) is 10.6. The van der Waals surface area contributed by atoms with E-state index in [1.54, 1.807) is 12.1 Å². The maximum atomic E-state index is 13.7. The Morgan fingerprint density at radius 2 is 2.00 bits per heavy atom. The number of halogens is 1. The maximum absolute atomic E-state index is 13.7. The molecule has 2 aromatic rings. The van der Waals surface area contributed by atoms with Gasteiger partial charge in [-0.2, -0.15) is 5.10 Å². The van der Waals surface area contributed by atoms with Gasteiger partial charge < -0.3 is 4.74 Å². The average molecular weight is 258 g/mol. The van der Waals surface area contributed by atoms with Crippen LogP contribution in [0.5, 0.6) is 5.75 Å². The Morgan fingerprint density at radius 1 is 1.21 bits per heavy atom. The number of hydrogen-bond acceptors (Lipinski definition) is 3. The molecular weight excluding hydrogens is 243 g/mol. The van der Waals surface area contributed by atoms with E-state index in [1.165, 1.54) is 12.3 Å². The molecule has 0 saturated carbocycles. The van der Waals surface area contributed by atoms with Crippen LogP contribution in [0, 0.1) is 5.82 Å². The predicted molar refractivity (Wildman–Crippen MR) is 75.2 cm³/mol. The quantitative estimate of drug-likeness (QED) is 0.655. The Balaban J connectivity index is 2.03. The van der Waals surface area contributed by atoms with Gasteiger partial charge >= 0.3 is 0 Å². The van der Waals surface area contributed by atoms with E-state index >= 15 is 0 Å². The monoisotopic (exact) mass is 258 g/mol. The van der Waals surface area contributed by atoms with Gasteiger partial charge in [-0.3, -0.25) is 5.43 Å². The lowest BCUT2D eigenvalue weighted by atomic mass is 10.2. The standard InChI is InChI=1S/C15H15FN2O/c1-2-19-14-9-8-12(15(16)10-14)11-17-18-13-6-4-3-5-7-13/h3-11,18H,2H2,1H3. The van der Waals surface area contributed by atoms with E-state index in [4.69, 9.17) is 4.74 Å². The lowest BCUT2D eigenvalue weighted by Crippen LogP contribution is -1.96. The van der Waals surface area contributed by atoms with Gasteiger partial charge in [0.2, 0.25) is 0 Å². The molecule has 0 bridgehead atoms. The summed E-state index contributed by atoms with van der Waals surface area (Å²) in [5.74, 6) is 0.165. The molecule has 4 heteroatoms. The molecule has 2 rings (SSSR count). The normalized spacial score (nSPS) is 10.6. The smallest absolute Gasteiger partial charge is 0.135 e. The first-order chi connectivity index (χ1) is 9.29. The van der Waals surface area contributed by atoms with Gasteiger partial charge in [0, 0.05) is 11.6 Å². The molecule has 0 fully saturated rings. The molecule has 0 aliphatic rings. The van der Waals surface area contributed by atoms with Crippen LogP contribution in [0.4, 0.5) is 10.1 Å². The summed E-state index contributed by atoms with van der Waals surface area (Å²) in [6.45, 7) is 2.37. The minimum absolute atomic E-state index is 0.357. The van der Waals surface area contributed by atoms with E-state index in [9.17, 15) is 4.39 Å². The molecule has 1 N–H and O–H groups in total. The van der Waals surface area contributed by atoms with Gasteiger partial charge in [0.15, 0.2) is 0 Å². The van der Waals surface area contributed by atoms with Crippen molar-refractivity contribution in [1.29, 1.82) is 0 Å². The van der Waals surface area contributed by atoms with Crippen molar-refractivity contribution >= 4 is 11.9 Å². The molecule has 0 amide bonds. The van der Waals surface area contributed by atoms with Crippen LogP contribution >= 0.6 is 0 Å². The van der Waals surface area contributed by atoms with Crippen molar-refractivity contribution in [2.24, 2.45) is 5.10 Å². The van der Waals surface area contributed by atoms with Crippen molar-refractivity contribution in [3.05, 3.63) is 59.9 Å². The Hall–Kier alpha value is -2.36. The van der Waals surface area contributed by atoms with Gasteiger partial charge in [0.05, 0.1) is 18.5 Å². The van der Waals surface area contributed by atoms with Crippen LogP contribution < -0.4 is 10.2 Å². The number of benzene rings is 2. The van der Waals surface area contributed by atoms with Crippen molar-refractivity contribution in [2.45, 2.75) is 6.92 Å². The second kappa shape index (κ2) is 6.54. The minimum atomic E-state index is -0.357. The third kappa shape index (κ3) is 3.81. The summed E-state index contributed by atoms with van der Waals surface area (Å²) < 4.78 is 18.9. The maximum Gasteiger partial charge on any atom is 0.135 e. The van der Waals surface area contributed by atoms with Gasteiger partial charge in [-0.15, -0.1) is 0 Å². The number of anilines is 1. The summed E-state index contributed by atoms with van der Waals surface area (Å²) in [6, 6.07) is 14.2. The third-order valence-corrected chi connectivity index (χ3v) is 2.45. The van der Waals surface area contributed by atoms with E-state index < -0.39 is 0 Å². The van der Waals surface area contributed by atoms with Crippen LogP contribution in [0.1, 0.15) is 12.5 Å². The van der Waals surface area contributed by atoms with Crippen LogP contribution in [0.3, 0.4) is 0 Å². The highest BCUT2D eigenvalue weighted by molar-refractivity contribution is 5.80. The van der Waals surface area contributed by atoms with E-state index in [0.29, 0.717) is 17.9 Å². The molecular formula is C15H15FN2O. The van der Waals surface area contributed by atoms with Crippen molar-refractivity contribution in [3.63, 3.8) is 0 Å². The molecule has 0 unspecified atom stereocenters. The Bertz CT molecular complexity index is 555. The van der Waals surface area contributed by atoms with Gasteiger partial charge in [-0.1, -0.05) is 18.2 Å². The molecule has 2 aromatic carbocycles. The summed E-state index contributed by atoms with van der Waals surface area (Å²) in [5.41, 5.74) is 4.09. The highest BCUT2D eigenvalue weighted by Crippen LogP contribution is 2.15. The average Bonchev–Trinajstić information content (AvgIpc) is 2.43. The predicted octanol–water partition coefficient (Wildman–Crippen LogP) is 3.67. The molecule has 0 aliphatic carbocycles. The van der Waals surface area contributed by atoms with Gasteiger partial charge in [0.25, 0.3) is 0 Å². The fraction of sp³-hybridized carbons (Fsp3) is 0.133. The van der Waals surface area contributed by atoms with Crippen molar-refractivity contribution in [3.8, 4) is 5.75 Å². The second-order valence-electron chi connectivity index (χ2n) is 3.85. The fourth-order valence-corrected chi connectivity index (χ4v) is 1.56. The van der Waals surface area contributed by atoms with Gasteiger partial charge in [0.1, 0.15) is 11.6 Å². The first-order valence-electron chi connectivity index (χ1n) is 6.06. The summed E-state index contributed by atoms with van der Waals surface area (Å²) >= 11 is 0. The third-order valence-electron chi connectivity index (χ3n) is 2.45. The van der Waals surface area contributed by atoms with Crippen molar-refractivity contribution in [2.75, 3.05) is 12.0 Å². The number of hydrogen-bond donors (Lipinski definition) is 1. The number of hydrazone groups is 1. The molecule has 0 spiro atoms. The summed E-state index contributed by atoms with van der Waals surface area (Å²) in [5, 5.41) is 3.99. The molecule has 98 valence electrons. The molecule has 0 atom stereocenters. The zero-order chi connectivity index (χ0) is 13.5. The Labute approximate surface area is 111 Å². The summed E-state index contributed by atoms with van der Waals surface area (Å²) in [4.78, 5) is 0. The molecule has 19 heavy (non-hydrogen) atoms. The van der Waals surface area contributed by atoms with Crippen molar-refractivity contribution < 1.29 is 9.13 Å². The number of ether oxygens (including phenoxy) is 1. The Morgan fingerprint density at radius 3 is 2.68 bits per heavy atom. The lowest BCUT2D eigenvalue weighted by molar-refractivity contribution is 0.338. The highest BCUT2D eigenvalue weighted by Gasteiger charge is 2.01. The molecule has 0 saturated heterocycles. The van der Waals surface area contributed by atoms with Crippen LogP contribution in [-0.2, 0) is 0 Å². The largest absolute Gasteiger partial charge is 0.494 e. The van der Waals surface area contributed by atoms with Crippen molar-refractivity contribution in [1.82, 2.24) is 0 Å². The number of nitrogens with zero attached hydrogens (tertiary/aromatic N) is 1. The molecule has 0 radical (unpaired) electrons. The fourth-order valence-electron chi connectivity index (χ4n) is 1.56. The molecule has 0 aliphatic heterocycles. The summed E-state index contributed by atoms with van der Waals surface area (Å²) in [7, 11) is 0. The molecule has 0 aromatic heterocycles. The summed E-state index contributed by atoms with van der Waals surface area (Å²) in [6.07, 6.45) is 1.44.